The van der Waals surface area contributed by atoms with Gasteiger partial charge in [-0.15, -0.1) is 0 Å². The average Bonchev–Trinajstić information content (AvgIpc) is 2.18. The van der Waals surface area contributed by atoms with E-state index in [1.165, 1.54) is 0 Å². The van der Waals surface area contributed by atoms with E-state index in [-0.39, 0.29) is 12.5 Å². The number of nitrogens with two attached hydrogens (primary N) is 1. The van der Waals surface area contributed by atoms with Crippen LogP contribution in [0.3, 0.4) is 0 Å². The van der Waals surface area contributed by atoms with Crippen molar-refractivity contribution in [2.75, 3.05) is 0 Å². The van der Waals surface area contributed by atoms with E-state index < -0.39 is 5.97 Å². The summed E-state index contributed by atoms with van der Waals surface area (Å²) in [7, 11) is 0. The molecule has 0 aliphatic rings. The van der Waals surface area contributed by atoms with E-state index in [1.54, 1.807) is 12.4 Å². The van der Waals surface area contributed by atoms with Crippen LogP contribution in [0.25, 0.3) is 0 Å². The lowest BCUT2D eigenvalue weighted by molar-refractivity contribution is -0.137. The molecule has 4 nitrogen and oxygen atoms in total. The number of pyridine rings is 1. The number of rotatable bonds is 5. The Hall–Kier alpha value is -1.42. The molecule has 0 saturated carbocycles. The van der Waals surface area contributed by atoms with Gasteiger partial charge in [-0.2, -0.15) is 0 Å². The first-order valence-corrected chi connectivity index (χ1v) is 4.57. The minimum atomic E-state index is -0.775. The summed E-state index contributed by atoms with van der Waals surface area (Å²) in [5.41, 5.74) is 6.80. The second-order valence-corrected chi connectivity index (χ2v) is 3.18. The molecule has 0 spiro atoms. The molecule has 0 fully saturated rings. The summed E-state index contributed by atoms with van der Waals surface area (Å²) in [4.78, 5) is 14.2. The number of nitrogens with zero attached hydrogens (tertiary/aromatic N) is 1. The molecule has 3 N–H and O–H groups in total. The Labute approximate surface area is 82.8 Å². The third-order valence-electron chi connectivity index (χ3n) is 2.02. The monoisotopic (exact) mass is 194 g/mol. The lowest BCUT2D eigenvalue weighted by Crippen LogP contribution is -2.11. The molecule has 0 aliphatic heterocycles. The Morgan fingerprint density at radius 3 is 3.00 bits per heavy atom. The van der Waals surface area contributed by atoms with E-state index in [2.05, 4.69) is 4.98 Å². The lowest BCUT2D eigenvalue weighted by atomic mass is 10.0. The van der Waals surface area contributed by atoms with Crippen LogP contribution in [-0.2, 0) is 4.79 Å². The Balaban J connectivity index is 2.36. The molecule has 0 saturated heterocycles. The Bertz CT molecular complexity index is 287. The zero-order valence-electron chi connectivity index (χ0n) is 7.89. The van der Waals surface area contributed by atoms with Gasteiger partial charge in [0.2, 0.25) is 0 Å². The predicted octanol–water partition coefficient (Wildman–Crippen LogP) is 1.34. The van der Waals surface area contributed by atoms with Crippen molar-refractivity contribution in [2.45, 2.75) is 25.3 Å². The molecule has 1 aromatic rings. The number of carboxylic acid groups (broad SMARTS) is 1. The smallest absolute Gasteiger partial charge is 0.303 e. The number of carbonyl (C=O) groups is 1. The third kappa shape index (κ3) is 3.53. The van der Waals surface area contributed by atoms with Crippen molar-refractivity contribution < 1.29 is 9.90 Å². The maximum Gasteiger partial charge on any atom is 0.303 e. The molecule has 0 unspecified atom stereocenters. The molecule has 0 aromatic carbocycles. The maximum absolute atomic E-state index is 10.3. The van der Waals surface area contributed by atoms with Crippen LogP contribution in [0, 0.1) is 0 Å². The average molecular weight is 194 g/mol. The second kappa shape index (κ2) is 5.34. The first kappa shape index (κ1) is 10.7. The highest BCUT2D eigenvalue weighted by Gasteiger charge is 2.06. The van der Waals surface area contributed by atoms with E-state index in [4.69, 9.17) is 10.8 Å². The number of aliphatic carboxylic acids is 1. The zero-order chi connectivity index (χ0) is 10.4. The number of hydrogen-bond acceptors (Lipinski definition) is 3. The topological polar surface area (TPSA) is 76.2 Å². The first-order valence-electron chi connectivity index (χ1n) is 4.57. The first-order chi connectivity index (χ1) is 6.70. The van der Waals surface area contributed by atoms with Crippen LogP contribution in [0.2, 0.25) is 0 Å². The molecule has 0 bridgehead atoms. The largest absolute Gasteiger partial charge is 0.481 e. The van der Waals surface area contributed by atoms with Gasteiger partial charge in [-0.25, -0.2) is 0 Å². The van der Waals surface area contributed by atoms with Crippen LogP contribution in [0.1, 0.15) is 30.9 Å². The number of hydrogen-bond donors (Lipinski definition) is 2. The van der Waals surface area contributed by atoms with Gasteiger partial charge in [-0.3, -0.25) is 9.78 Å². The van der Waals surface area contributed by atoms with Gasteiger partial charge in [0, 0.05) is 24.9 Å². The Kier molecular flexibility index (Phi) is 4.07. The summed E-state index contributed by atoms with van der Waals surface area (Å²) < 4.78 is 0. The summed E-state index contributed by atoms with van der Waals surface area (Å²) in [5, 5.41) is 8.44. The fraction of sp³-hybridized carbons (Fsp3) is 0.400. The molecule has 76 valence electrons. The predicted molar refractivity (Wildman–Crippen MR) is 52.7 cm³/mol. The van der Waals surface area contributed by atoms with Crippen molar-refractivity contribution in [2.24, 2.45) is 5.73 Å². The molecular weight excluding hydrogens is 180 g/mol. The molecule has 0 amide bonds. The molecule has 1 heterocycles. The fourth-order valence-electron chi connectivity index (χ4n) is 1.24. The normalized spacial score (nSPS) is 12.4. The summed E-state index contributed by atoms with van der Waals surface area (Å²) in [6, 6.07) is 3.62. The van der Waals surface area contributed by atoms with Crippen molar-refractivity contribution in [3.63, 3.8) is 0 Å². The highest BCUT2D eigenvalue weighted by atomic mass is 16.4. The van der Waals surface area contributed by atoms with Gasteiger partial charge in [0.25, 0.3) is 0 Å². The van der Waals surface area contributed by atoms with Crippen molar-refractivity contribution in [1.82, 2.24) is 4.98 Å². The van der Waals surface area contributed by atoms with Crippen LogP contribution < -0.4 is 5.73 Å². The summed E-state index contributed by atoms with van der Waals surface area (Å²) in [5.74, 6) is -0.775. The van der Waals surface area contributed by atoms with Crippen molar-refractivity contribution in [3.05, 3.63) is 30.1 Å². The number of carboxylic acids is 1. The van der Waals surface area contributed by atoms with E-state index in [0.717, 1.165) is 5.56 Å². The highest BCUT2D eigenvalue weighted by Crippen LogP contribution is 2.14. The Morgan fingerprint density at radius 1 is 1.64 bits per heavy atom. The summed E-state index contributed by atoms with van der Waals surface area (Å²) >= 11 is 0. The van der Waals surface area contributed by atoms with Crippen LogP contribution >= 0.6 is 0 Å². The van der Waals surface area contributed by atoms with Gasteiger partial charge >= 0.3 is 5.97 Å². The quantitative estimate of drug-likeness (QED) is 0.741. The molecule has 0 aliphatic carbocycles. The molecule has 1 rings (SSSR count). The van der Waals surface area contributed by atoms with Gasteiger partial charge in [0.15, 0.2) is 0 Å². The van der Waals surface area contributed by atoms with Crippen molar-refractivity contribution in [3.8, 4) is 0 Å². The Morgan fingerprint density at radius 2 is 2.43 bits per heavy atom. The van der Waals surface area contributed by atoms with E-state index >= 15 is 0 Å². The molecule has 1 atom stereocenters. The maximum atomic E-state index is 10.3. The summed E-state index contributed by atoms with van der Waals surface area (Å²) in [6.45, 7) is 0. The van der Waals surface area contributed by atoms with E-state index in [9.17, 15) is 4.79 Å². The van der Waals surface area contributed by atoms with Gasteiger partial charge in [-0.05, 0) is 24.5 Å². The molecule has 14 heavy (non-hydrogen) atoms. The highest BCUT2D eigenvalue weighted by molar-refractivity contribution is 5.66. The van der Waals surface area contributed by atoms with Gasteiger partial charge in [0.05, 0.1) is 0 Å². The summed E-state index contributed by atoms with van der Waals surface area (Å²) in [6.07, 6.45) is 4.86. The van der Waals surface area contributed by atoms with Crippen molar-refractivity contribution >= 4 is 5.97 Å². The third-order valence-corrected chi connectivity index (χ3v) is 2.02. The minimum absolute atomic E-state index is 0.108. The van der Waals surface area contributed by atoms with Crippen LogP contribution in [0.5, 0.6) is 0 Å². The molecular formula is C10H14N2O2. The van der Waals surface area contributed by atoms with Crippen LogP contribution in [-0.4, -0.2) is 16.1 Å². The standard InChI is InChI=1S/C10H14N2O2/c11-9(4-1-5-10(13)14)8-3-2-6-12-7-8/h2-3,6-7,9H,1,4-5,11H2,(H,13,14)/t9-/m1/s1. The van der Waals surface area contributed by atoms with E-state index in [1.807, 2.05) is 12.1 Å². The zero-order valence-corrected chi connectivity index (χ0v) is 7.89. The molecule has 1 aromatic heterocycles. The molecule has 0 radical (unpaired) electrons. The van der Waals surface area contributed by atoms with Crippen LogP contribution in [0.15, 0.2) is 24.5 Å². The van der Waals surface area contributed by atoms with Gasteiger partial charge < -0.3 is 10.8 Å². The lowest BCUT2D eigenvalue weighted by Gasteiger charge is -2.09. The second-order valence-electron chi connectivity index (χ2n) is 3.18. The van der Waals surface area contributed by atoms with Gasteiger partial charge in [0.1, 0.15) is 0 Å². The SMILES string of the molecule is N[C@H](CCCC(=O)O)c1cccnc1. The minimum Gasteiger partial charge on any atom is -0.481 e. The molecule has 4 heteroatoms. The van der Waals surface area contributed by atoms with Crippen LogP contribution in [0.4, 0.5) is 0 Å². The van der Waals surface area contributed by atoms with Gasteiger partial charge in [-0.1, -0.05) is 6.07 Å². The number of aromatic nitrogens is 1. The fourth-order valence-corrected chi connectivity index (χ4v) is 1.24. The van der Waals surface area contributed by atoms with Crippen molar-refractivity contribution in [1.29, 1.82) is 0 Å². The van der Waals surface area contributed by atoms with E-state index in [0.29, 0.717) is 12.8 Å².